The van der Waals surface area contributed by atoms with E-state index in [9.17, 15) is 14.4 Å². The number of nitrogens with two attached hydrogens (primary N) is 1. The van der Waals surface area contributed by atoms with Crippen LogP contribution in [0.15, 0.2) is 0 Å². The molecule has 8 heteroatoms. The third-order valence-corrected chi connectivity index (χ3v) is 3.51. The molecule has 2 amide bonds. The molecule has 140 valence electrons. The third kappa shape index (κ3) is 11.7. The van der Waals surface area contributed by atoms with Crippen molar-refractivity contribution < 1.29 is 24.2 Å². The molecule has 0 aromatic rings. The molecule has 0 spiro atoms. The Balaban J connectivity index is 3.62. The minimum Gasteiger partial charge on any atom is -0.480 e. The fourth-order valence-electron chi connectivity index (χ4n) is 1.94. The number of unbranched alkanes of at least 4 members (excludes halogenated alkanes) is 4. The van der Waals surface area contributed by atoms with Crippen molar-refractivity contribution in [1.29, 1.82) is 0 Å². The topological polar surface area (TPSA) is 131 Å². The van der Waals surface area contributed by atoms with Crippen molar-refractivity contribution in [2.75, 3.05) is 13.2 Å². The Hall–Kier alpha value is -1.83. The summed E-state index contributed by atoms with van der Waals surface area (Å²) in [6.45, 7) is 4.38. The molecule has 8 nitrogen and oxygen atoms in total. The number of carbonyl (C=O) groups excluding carboxylic acids is 2. The molecule has 0 radical (unpaired) electrons. The average Bonchev–Trinajstić information content (AvgIpc) is 2.53. The quantitative estimate of drug-likeness (QED) is 0.373. The Labute approximate surface area is 143 Å². The molecule has 2 atom stereocenters. The predicted molar refractivity (Wildman–Crippen MR) is 90.6 cm³/mol. The van der Waals surface area contributed by atoms with Crippen LogP contribution in [0, 0.1) is 0 Å². The lowest BCUT2D eigenvalue weighted by atomic mass is 10.1. The number of carboxylic acids is 1. The second-order valence-corrected chi connectivity index (χ2v) is 5.79. The minimum atomic E-state index is -1.10. The molecule has 0 rings (SSSR count). The fraction of sp³-hybridized carbons (Fsp3) is 0.812. The van der Waals surface area contributed by atoms with Gasteiger partial charge in [0, 0.05) is 6.54 Å². The van der Waals surface area contributed by atoms with E-state index in [0.29, 0.717) is 32.4 Å². The Morgan fingerprint density at radius 3 is 2.46 bits per heavy atom. The van der Waals surface area contributed by atoms with Crippen molar-refractivity contribution in [2.24, 2.45) is 5.73 Å². The van der Waals surface area contributed by atoms with E-state index in [2.05, 4.69) is 17.6 Å². The van der Waals surface area contributed by atoms with Crippen LogP contribution in [-0.4, -0.2) is 48.3 Å². The average molecular weight is 345 g/mol. The van der Waals surface area contributed by atoms with E-state index in [1.807, 2.05) is 0 Å². The van der Waals surface area contributed by atoms with E-state index in [0.717, 1.165) is 25.7 Å². The maximum absolute atomic E-state index is 11.6. The SMILES string of the molecule is CCCCCCOC(=O)NCCCC[C@H](N)C(=O)N[C@@H](C)C(=O)O. The van der Waals surface area contributed by atoms with Crippen molar-refractivity contribution in [3.63, 3.8) is 0 Å². The molecule has 0 aliphatic carbocycles. The smallest absolute Gasteiger partial charge is 0.407 e. The molecule has 0 saturated carbocycles. The first-order chi connectivity index (χ1) is 11.4. The standard InChI is InChI=1S/C16H31N3O5/c1-3-4-5-8-11-24-16(23)18-10-7-6-9-13(17)14(20)19-12(2)15(21)22/h12-13H,3-11,17H2,1-2H3,(H,18,23)(H,19,20)(H,21,22)/t12-,13-/m0/s1. The van der Waals surface area contributed by atoms with Crippen LogP contribution in [-0.2, 0) is 14.3 Å². The van der Waals surface area contributed by atoms with E-state index in [1.54, 1.807) is 0 Å². The molecule has 0 aromatic heterocycles. The van der Waals surface area contributed by atoms with Gasteiger partial charge in [-0.25, -0.2) is 4.79 Å². The van der Waals surface area contributed by atoms with Gasteiger partial charge in [0.1, 0.15) is 6.04 Å². The normalized spacial score (nSPS) is 13.0. The Morgan fingerprint density at radius 1 is 1.12 bits per heavy atom. The molecule has 0 aliphatic rings. The zero-order valence-electron chi connectivity index (χ0n) is 14.7. The third-order valence-electron chi connectivity index (χ3n) is 3.51. The number of nitrogens with one attached hydrogen (secondary N) is 2. The van der Waals surface area contributed by atoms with Gasteiger partial charge in [-0.2, -0.15) is 0 Å². The van der Waals surface area contributed by atoms with Crippen LogP contribution in [0.1, 0.15) is 58.8 Å². The molecular weight excluding hydrogens is 314 g/mol. The minimum absolute atomic E-state index is 0.423. The largest absolute Gasteiger partial charge is 0.480 e. The van der Waals surface area contributed by atoms with E-state index >= 15 is 0 Å². The highest BCUT2D eigenvalue weighted by Crippen LogP contribution is 2.00. The van der Waals surface area contributed by atoms with E-state index in [4.69, 9.17) is 15.6 Å². The summed E-state index contributed by atoms with van der Waals surface area (Å²) in [6.07, 6.45) is 5.53. The highest BCUT2D eigenvalue weighted by molar-refractivity contribution is 5.86. The highest BCUT2D eigenvalue weighted by atomic mass is 16.5. The van der Waals surface area contributed by atoms with Crippen molar-refractivity contribution in [1.82, 2.24) is 10.6 Å². The molecule has 0 fully saturated rings. The van der Waals surface area contributed by atoms with Gasteiger partial charge in [-0.1, -0.05) is 26.2 Å². The first kappa shape index (κ1) is 22.2. The van der Waals surface area contributed by atoms with Crippen molar-refractivity contribution in [2.45, 2.75) is 70.9 Å². The van der Waals surface area contributed by atoms with Gasteiger partial charge in [0.2, 0.25) is 5.91 Å². The predicted octanol–water partition coefficient (Wildman–Crippen LogP) is 1.38. The maximum Gasteiger partial charge on any atom is 0.407 e. The van der Waals surface area contributed by atoms with Gasteiger partial charge in [-0.15, -0.1) is 0 Å². The van der Waals surface area contributed by atoms with Gasteiger partial charge >= 0.3 is 12.1 Å². The Kier molecular flexibility index (Phi) is 12.6. The number of hydrogen-bond acceptors (Lipinski definition) is 5. The molecule has 0 heterocycles. The van der Waals surface area contributed by atoms with E-state index in [1.165, 1.54) is 6.92 Å². The van der Waals surface area contributed by atoms with E-state index < -0.39 is 30.1 Å². The summed E-state index contributed by atoms with van der Waals surface area (Å²) in [4.78, 5) is 33.7. The number of rotatable bonds is 13. The molecule has 0 aromatic carbocycles. The summed E-state index contributed by atoms with van der Waals surface area (Å²) >= 11 is 0. The van der Waals surface area contributed by atoms with Crippen LogP contribution in [0.25, 0.3) is 0 Å². The fourth-order valence-corrected chi connectivity index (χ4v) is 1.94. The lowest BCUT2D eigenvalue weighted by Crippen LogP contribution is -2.47. The number of amides is 2. The zero-order chi connectivity index (χ0) is 18.4. The van der Waals surface area contributed by atoms with Crippen LogP contribution in [0.2, 0.25) is 0 Å². The maximum atomic E-state index is 11.6. The first-order valence-electron chi connectivity index (χ1n) is 8.57. The Morgan fingerprint density at radius 2 is 1.83 bits per heavy atom. The number of ether oxygens (including phenoxy) is 1. The van der Waals surface area contributed by atoms with Gasteiger partial charge in [-0.05, 0) is 32.6 Å². The van der Waals surface area contributed by atoms with Crippen molar-refractivity contribution in [3.8, 4) is 0 Å². The molecule has 0 aliphatic heterocycles. The second-order valence-electron chi connectivity index (χ2n) is 5.79. The van der Waals surface area contributed by atoms with Crippen LogP contribution in [0.4, 0.5) is 4.79 Å². The van der Waals surface area contributed by atoms with Gasteiger partial charge in [0.05, 0.1) is 12.6 Å². The summed E-state index contributed by atoms with van der Waals surface area (Å²) in [7, 11) is 0. The molecule has 24 heavy (non-hydrogen) atoms. The number of alkyl carbamates (subject to hydrolysis) is 1. The van der Waals surface area contributed by atoms with Gasteiger partial charge in [-0.3, -0.25) is 9.59 Å². The molecule has 0 saturated heterocycles. The van der Waals surface area contributed by atoms with Gasteiger partial charge in [0.15, 0.2) is 0 Å². The number of carbonyl (C=O) groups is 3. The van der Waals surface area contributed by atoms with Gasteiger partial charge in [0.25, 0.3) is 0 Å². The van der Waals surface area contributed by atoms with Crippen LogP contribution in [0.5, 0.6) is 0 Å². The van der Waals surface area contributed by atoms with Crippen LogP contribution >= 0.6 is 0 Å². The number of aliphatic carboxylic acids is 1. The van der Waals surface area contributed by atoms with Crippen LogP contribution in [0.3, 0.4) is 0 Å². The summed E-state index contributed by atoms with van der Waals surface area (Å²) in [5, 5.41) is 13.7. The summed E-state index contributed by atoms with van der Waals surface area (Å²) in [6, 6.07) is -1.71. The summed E-state index contributed by atoms with van der Waals surface area (Å²) in [5.74, 6) is -1.59. The molecule has 5 N–H and O–H groups in total. The lowest BCUT2D eigenvalue weighted by Gasteiger charge is -2.14. The second kappa shape index (κ2) is 13.6. The first-order valence-corrected chi connectivity index (χ1v) is 8.57. The monoisotopic (exact) mass is 345 g/mol. The van der Waals surface area contributed by atoms with E-state index in [-0.39, 0.29) is 0 Å². The molecule has 0 bridgehead atoms. The van der Waals surface area contributed by atoms with Gasteiger partial charge < -0.3 is 26.2 Å². The van der Waals surface area contributed by atoms with Crippen molar-refractivity contribution >= 4 is 18.0 Å². The summed E-state index contributed by atoms with van der Waals surface area (Å²) in [5.41, 5.74) is 5.70. The zero-order valence-corrected chi connectivity index (χ0v) is 14.7. The number of carboxylic acid groups (broad SMARTS) is 1. The molecular formula is C16H31N3O5. The lowest BCUT2D eigenvalue weighted by molar-refractivity contribution is -0.141. The Bertz CT molecular complexity index is 390. The number of hydrogen-bond donors (Lipinski definition) is 4. The highest BCUT2D eigenvalue weighted by Gasteiger charge is 2.18. The van der Waals surface area contributed by atoms with Crippen molar-refractivity contribution in [3.05, 3.63) is 0 Å². The summed E-state index contributed by atoms with van der Waals surface area (Å²) < 4.78 is 5.03. The van der Waals surface area contributed by atoms with Crippen LogP contribution < -0.4 is 16.4 Å². The molecule has 0 unspecified atom stereocenters.